The van der Waals surface area contributed by atoms with E-state index in [2.05, 4.69) is 37.8 Å². The average Bonchev–Trinajstić information content (AvgIpc) is 3.22. The molecule has 2 bridgehead atoms. The molecular weight excluding hydrogens is 266 g/mol. The lowest BCUT2D eigenvalue weighted by molar-refractivity contribution is 0.304. The molecule has 21 heavy (non-hydrogen) atoms. The molecule has 0 amide bonds. The number of aromatic nitrogens is 4. The standard InChI is InChI=1S/C14H21N7/c1-7(10-5-8-2-3-9(10)4-8)17-12-11-6-16-21-13(11)19-14(18-12)20-15/h6-10H,2-5,15H2,1H3,(H3,16,17,18,19,20,21). The van der Waals surface area contributed by atoms with Gasteiger partial charge in [-0.15, -0.1) is 0 Å². The van der Waals surface area contributed by atoms with Gasteiger partial charge in [-0.3, -0.25) is 10.5 Å². The zero-order valence-corrected chi connectivity index (χ0v) is 12.1. The molecule has 0 spiro atoms. The summed E-state index contributed by atoms with van der Waals surface area (Å²) in [6.07, 6.45) is 7.33. The van der Waals surface area contributed by atoms with Gasteiger partial charge in [0, 0.05) is 6.04 Å². The Morgan fingerprint density at radius 2 is 2.24 bits per heavy atom. The van der Waals surface area contributed by atoms with Crippen molar-refractivity contribution < 1.29 is 0 Å². The lowest BCUT2D eigenvalue weighted by Gasteiger charge is -2.29. The van der Waals surface area contributed by atoms with Crippen LogP contribution in [0.1, 0.15) is 32.6 Å². The lowest BCUT2D eigenvalue weighted by Crippen LogP contribution is -2.30. The SMILES string of the molecule is CC(Nc1nc(NN)nc2[nH]ncc12)C1CC2CCC1C2. The van der Waals surface area contributed by atoms with Gasteiger partial charge in [0.25, 0.3) is 0 Å². The fourth-order valence-electron chi connectivity index (χ4n) is 4.24. The number of nitrogens with zero attached hydrogens (tertiary/aromatic N) is 3. The second-order valence-electron chi connectivity index (χ2n) is 6.44. The van der Waals surface area contributed by atoms with E-state index in [1.807, 2.05) is 0 Å². The summed E-state index contributed by atoms with van der Waals surface area (Å²) >= 11 is 0. The number of aromatic amines is 1. The summed E-state index contributed by atoms with van der Waals surface area (Å²) < 4.78 is 0. The molecule has 4 rings (SSSR count). The predicted octanol–water partition coefficient (Wildman–Crippen LogP) is 1.88. The Balaban J connectivity index is 1.60. The number of fused-ring (bicyclic) bond motifs is 3. The number of hydrogen-bond acceptors (Lipinski definition) is 6. The number of nitrogens with two attached hydrogens (primary N) is 1. The maximum absolute atomic E-state index is 5.44. The molecule has 0 saturated heterocycles. The van der Waals surface area contributed by atoms with Crippen molar-refractivity contribution >= 4 is 22.8 Å². The van der Waals surface area contributed by atoms with Gasteiger partial charge in [0.05, 0.1) is 11.6 Å². The topological polar surface area (TPSA) is 105 Å². The van der Waals surface area contributed by atoms with E-state index in [1.54, 1.807) is 6.20 Å². The van der Waals surface area contributed by atoms with E-state index in [1.165, 1.54) is 25.7 Å². The number of H-pyrrole nitrogens is 1. The maximum atomic E-state index is 5.44. The lowest BCUT2D eigenvalue weighted by atomic mass is 9.84. The average molecular weight is 287 g/mol. The highest BCUT2D eigenvalue weighted by Crippen LogP contribution is 2.49. The van der Waals surface area contributed by atoms with E-state index < -0.39 is 0 Å². The van der Waals surface area contributed by atoms with Crippen LogP contribution in [-0.4, -0.2) is 26.2 Å². The van der Waals surface area contributed by atoms with Gasteiger partial charge in [-0.1, -0.05) is 6.42 Å². The molecule has 4 atom stereocenters. The van der Waals surface area contributed by atoms with Gasteiger partial charge in [-0.05, 0) is 43.9 Å². The van der Waals surface area contributed by atoms with Crippen LogP contribution in [0.2, 0.25) is 0 Å². The number of nitrogen functional groups attached to an aromatic ring is 1. The third kappa shape index (κ3) is 2.12. The summed E-state index contributed by atoms with van der Waals surface area (Å²) in [5.74, 6) is 9.22. The smallest absolute Gasteiger partial charge is 0.241 e. The summed E-state index contributed by atoms with van der Waals surface area (Å²) in [6.45, 7) is 2.26. The molecule has 2 heterocycles. The molecule has 5 N–H and O–H groups in total. The van der Waals surface area contributed by atoms with E-state index in [9.17, 15) is 0 Å². The van der Waals surface area contributed by atoms with Crippen molar-refractivity contribution in [2.45, 2.75) is 38.6 Å². The second-order valence-corrected chi connectivity index (χ2v) is 6.44. The predicted molar refractivity (Wildman–Crippen MR) is 81.5 cm³/mol. The first kappa shape index (κ1) is 12.8. The zero-order chi connectivity index (χ0) is 14.4. The summed E-state index contributed by atoms with van der Waals surface area (Å²) in [5.41, 5.74) is 3.20. The van der Waals surface area contributed by atoms with E-state index >= 15 is 0 Å². The molecule has 7 nitrogen and oxygen atoms in total. The Labute approximate surface area is 123 Å². The van der Waals surface area contributed by atoms with Crippen LogP contribution >= 0.6 is 0 Å². The Morgan fingerprint density at radius 3 is 2.95 bits per heavy atom. The highest BCUT2D eigenvalue weighted by molar-refractivity contribution is 5.87. The Kier molecular flexibility index (Phi) is 2.95. The van der Waals surface area contributed by atoms with Crippen LogP contribution in [-0.2, 0) is 0 Å². The van der Waals surface area contributed by atoms with Crippen LogP contribution in [0.4, 0.5) is 11.8 Å². The van der Waals surface area contributed by atoms with Gasteiger partial charge in [0.2, 0.25) is 5.95 Å². The van der Waals surface area contributed by atoms with E-state index in [0.717, 1.165) is 29.0 Å². The van der Waals surface area contributed by atoms with Gasteiger partial charge in [-0.2, -0.15) is 15.1 Å². The van der Waals surface area contributed by atoms with Crippen molar-refractivity contribution in [3.8, 4) is 0 Å². The molecule has 2 fully saturated rings. The van der Waals surface area contributed by atoms with Crippen molar-refractivity contribution in [3.05, 3.63) is 6.20 Å². The summed E-state index contributed by atoms with van der Waals surface area (Å²) in [5, 5.41) is 11.4. The molecule has 2 saturated carbocycles. The van der Waals surface area contributed by atoms with E-state index in [4.69, 9.17) is 5.84 Å². The van der Waals surface area contributed by atoms with Gasteiger partial charge >= 0.3 is 0 Å². The minimum Gasteiger partial charge on any atom is -0.367 e. The van der Waals surface area contributed by atoms with Crippen molar-refractivity contribution in [2.75, 3.05) is 10.7 Å². The number of rotatable bonds is 4. The minimum atomic E-state index is 0.398. The molecule has 2 aliphatic rings. The summed E-state index contributed by atoms with van der Waals surface area (Å²) in [7, 11) is 0. The summed E-state index contributed by atoms with van der Waals surface area (Å²) in [6, 6.07) is 0.402. The molecule has 2 aromatic rings. The second kappa shape index (κ2) is 4.84. The molecule has 112 valence electrons. The molecule has 0 radical (unpaired) electrons. The van der Waals surface area contributed by atoms with Crippen molar-refractivity contribution in [2.24, 2.45) is 23.6 Å². The van der Waals surface area contributed by atoms with Gasteiger partial charge in [0.1, 0.15) is 5.82 Å². The molecule has 4 unspecified atom stereocenters. The molecule has 2 aliphatic carbocycles. The normalized spacial score (nSPS) is 29.0. The zero-order valence-electron chi connectivity index (χ0n) is 12.1. The third-order valence-corrected chi connectivity index (χ3v) is 5.24. The fourth-order valence-corrected chi connectivity index (χ4v) is 4.24. The van der Waals surface area contributed by atoms with E-state index in [-0.39, 0.29) is 0 Å². The van der Waals surface area contributed by atoms with Crippen molar-refractivity contribution in [1.29, 1.82) is 0 Å². The number of hydrogen-bond donors (Lipinski definition) is 4. The number of anilines is 2. The van der Waals surface area contributed by atoms with Crippen LogP contribution in [0, 0.1) is 17.8 Å². The van der Waals surface area contributed by atoms with Gasteiger partial charge in [0.15, 0.2) is 5.65 Å². The Hall–Kier alpha value is -1.89. The van der Waals surface area contributed by atoms with Crippen LogP contribution < -0.4 is 16.6 Å². The maximum Gasteiger partial charge on any atom is 0.241 e. The highest BCUT2D eigenvalue weighted by Gasteiger charge is 2.41. The largest absolute Gasteiger partial charge is 0.367 e. The van der Waals surface area contributed by atoms with Crippen molar-refractivity contribution in [1.82, 2.24) is 20.2 Å². The first-order valence-electron chi connectivity index (χ1n) is 7.69. The Morgan fingerprint density at radius 1 is 1.33 bits per heavy atom. The van der Waals surface area contributed by atoms with Crippen LogP contribution in [0.15, 0.2) is 6.20 Å². The Bertz CT molecular complexity index is 652. The third-order valence-electron chi connectivity index (χ3n) is 5.24. The summed E-state index contributed by atoms with van der Waals surface area (Å²) in [4.78, 5) is 8.70. The first-order chi connectivity index (χ1) is 10.2. The molecular formula is C14H21N7. The molecule has 7 heteroatoms. The van der Waals surface area contributed by atoms with Gasteiger partial charge < -0.3 is 5.32 Å². The number of nitrogens with one attached hydrogen (secondary N) is 3. The minimum absolute atomic E-state index is 0.398. The monoisotopic (exact) mass is 287 g/mol. The van der Waals surface area contributed by atoms with E-state index in [0.29, 0.717) is 17.6 Å². The van der Waals surface area contributed by atoms with Crippen LogP contribution in [0.3, 0.4) is 0 Å². The molecule has 2 aromatic heterocycles. The molecule has 0 aromatic carbocycles. The van der Waals surface area contributed by atoms with Crippen molar-refractivity contribution in [3.63, 3.8) is 0 Å². The number of hydrazine groups is 1. The highest BCUT2D eigenvalue weighted by atomic mass is 15.3. The van der Waals surface area contributed by atoms with Gasteiger partial charge in [-0.25, -0.2) is 5.84 Å². The molecule has 0 aliphatic heterocycles. The van der Waals surface area contributed by atoms with Crippen LogP contribution in [0.5, 0.6) is 0 Å². The fraction of sp³-hybridized carbons (Fsp3) is 0.643. The first-order valence-corrected chi connectivity index (χ1v) is 7.69. The van der Waals surface area contributed by atoms with Crippen LogP contribution in [0.25, 0.3) is 11.0 Å². The quantitative estimate of drug-likeness (QED) is 0.505.